The van der Waals surface area contributed by atoms with E-state index < -0.39 is 11.7 Å². The third-order valence-corrected chi connectivity index (χ3v) is 3.97. The minimum atomic E-state index is -0.581. The molecule has 0 bridgehead atoms. The summed E-state index contributed by atoms with van der Waals surface area (Å²) in [6.07, 6.45) is 0. The predicted molar refractivity (Wildman–Crippen MR) is 89.8 cm³/mol. The zero-order valence-corrected chi connectivity index (χ0v) is 13.6. The van der Waals surface area contributed by atoms with Crippen molar-refractivity contribution >= 4 is 22.4 Å². The molecule has 1 heterocycles. The molecular formula is C17H14FN3O2S. The van der Waals surface area contributed by atoms with Gasteiger partial charge in [0, 0.05) is 0 Å². The molecule has 0 atom stereocenters. The predicted octanol–water partition coefficient (Wildman–Crippen LogP) is 3.82. The molecule has 1 aromatic heterocycles. The average molecular weight is 343 g/mol. The van der Waals surface area contributed by atoms with Gasteiger partial charge in [0.05, 0.1) is 5.56 Å². The average Bonchev–Trinajstić information content (AvgIpc) is 3.01. The molecular weight excluding hydrogens is 329 g/mol. The van der Waals surface area contributed by atoms with Gasteiger partial charge in [0.2, 0.25) is 5.13 Å². The lowest BCUT2D eigenvalue weighted by Crippen LogP contribution is -2.13. The van der Waals surface area contributed by atoms with Gasteiger partial charge in [-0.2, -0.15) is 0 Å². The van der Waals surface area contributed by atoms with E-state index in [0.717, 1.165) is 11.3 Å². The first-order chi connectivity index (χ1) is 11.6. The Morgan fingerprint density at radius 1 is 1.21 bits per heavy atom. The third kappa shape index (κ3) is 3.94. The van der Waals surface area contributed by atoms with Gasteiger partial charge in [-0.15, -0.1) is 10.2 Å². The SMILES string of the molecule is Cc1cccc(OCc2nnc(NC(=O)c3ccccc3F)s2)c1. The quantitative estimate of drug-likeness (QED) is 0.765. The number of rotatable bonds is 5. The molecule has 3 aromatic rings. The Bertz CT molecular complexity index is 866. The van der Waals surface area contributed by atoms with Crippen molar-refractivity contribution in [1.82, 2.24) is 10.2 Å². The number of nitrogens with zero attached hydrogens (tertiary/aromatic N) is 2. The summed E-state index contributed by atoms with van der Waals surface area (Å²) in [5.41, 5.74) is 1.06. The number of nitrogens with one attached hydrogen (secondary N) is 1. The molecule has 0 saturated carbocycles. The Morgan fingerprint density at radius 2 is 2.04 bits per heavy atom. The summed E-state index contributed by atoms with van der Waals surface area (Å²) < 4.78 is 19.2. The Balaban J connectivity index is 1.61. The molecule has 0 aliphatic heterocycles. The van der Waals surface area contributed by atoms with Crippen LogP contribution in [-0.2, 0) is 6.61 Å². The van der Waals surface area contributed by atoms with Crippen LogP contribution in [0.2, 0.25) is 0 Å². The maximum atomic E-state index is 13.6. The number of amides is 1. The fourth-order valence-electron chi connectivity index (χ4n) is 2.02. The van der Waals surface area contributed by atoms with Crippen molar-refractivity contribution in [2.45, 2.75) is 13.5 Å². The number of carbonyl (C=O) groups is 1. The van der Waals surface area contributed by atoms with Gasteiger partial charge < -0.3 is 4.74 Å². The minimum Gasteiger partial charge on any atom is -0.486 e. The molecule has 0 saturated heterocycles. The third-order valence-electron chi connectivity index (χ3n) is 3.16. The van der Waals surface area contributed by atoms with Crippen LogP contribution in [0, 0.1) is 12.7 Å². The Kier molecular flexibility index (Phi) is 4.81. The van der Waals surface area contributed by atoms with Crippen LogP contribution in [-0.4, -0.2) is 16.1 Å². The van der Waals surface area contributed by atoms with E-state index in [1.165, 1.54) is 29.5 Å². The Morgan fingerprint density at radius 3 is 2.83 bits per heavy atom. The number of carbonyl (C=O) groups excluding carboxylic acids is 1. The van der Waals surface area contributed by atoms with E-state index in [-0.39, 0.29) is 12.2 Å². The van der Waals surface area contributed by atoms with Crippen LogP contribution in [0.15, 0.2) is 48.5 Å². The summed E-state index contributed by atoms with van der Waals surface area (Å²) in [6.45, 7) is 2.23. The topological polar surface area (TPSA) is 64.1 Å². The van der Waals surface area contributed by atoms with Crippen molar-refractivity contribution < 1.29 is 13.9 Å². The standard InChI is InChI=1S/C17H14FN3O2S/c1-11-5-4-6-12(9-11)23-10-15-20-21-17(24-15)19-16(22)13-7-2-3-8-14(13)18/h2-9H,10H2,1H3,(H,19,21,22). The number of halogens is 1. The highest BCUT2D eigenvalue weighted by molar-refractivity contribution is 7.15. The second-order valence-corrected chi connectivity index (χ2v) is 6.10. The highest BCUT2D eigenvalue weighted by Crippen LogP contribution is 2.20. The maximum Gasteiger partial charge on any atom is 0.260 e. The lowest BCUT2D eigenvalue weighted by Gasteiger charge is -2.04. The molecule has 7 heteroatoms. The van der Waals surface area contributed by atoms with Crippen LogP contribution in [0.1, 0.15) is 20.9 Å². The van der Waals surface area contributed by atoms with Crippen molar-refractivity contribution in [1.29, 1.82) is 0 Å². The van der Waals surface area contributed by atoms with E-state index in [4.69, 9.17) is 4.74 Å². The monoisotopic (exact) mass is 343 g/mol. The van der Waals surface area contributed by atoms with E-state index in [1.54, 1.807) is 6.07 Å². The number of aromatic nitrogens is 2. The maximum absolute atomic E-state index is 13.6. The van der Waals surface area contributed by atoms with Gasteiger partial charge in [-0.25, -0.2) is 4.39 Å². The zero-order chi connectivity index (χ0) is 16.9. The number of hydrogen-bond acceptors (Lipinski definition) is 5. The first-order valence-corrected chi connectivity index (χ1v) is 8.01. The van der Waals surface area contributed by atoms with Crippen LogP contribution in [0.5, 0.6) is 5.75 Å². The van der Waals surface area contributed by atoms with Gasteiger partial charge >= 0.3 is 0 Å². The van der Waals surface area contributed by atoms with Crippen LogP contribution in [0.3, 0.4) is 0 Å². The molecule has 2 aromatic carbocycles. The minimum absolute atomic E-state index is 0.0368. The van der Waals surface area contributed by atoms with Crippen LogP contribution >= 0.6 is 11.3 Å². The molecule has 0 aliphatic rings. The number of ether oxygens (including phenoxy) is 1. The van der Waals surface area contributed by atoms with E-state index in [2.05, 4.69) is 15.5 Å². The summed E-state index contributed by atoms with van der Waals surface area (Å²) in [5, 5.41) is 11.3. The van der Waals surface area contributed by atoms with Crippen molar-refractivity contribution in [2.24, 2.45) is 0 Å². The van der Waals surface area contributed by atoms with Gasteiger partial charge in [-0.05, 0) is 36.8 Å². The van der Waals surface area contributed by atoms with Gasteiger partial charge in [0.15, 0.2) is 5.01 Å². The van der Waals surface area contributed by atoms with Crippen LogP contribution < -0.4 is 10.1 Å². The van der Waals surface area contributed by atoms with Crippen molar-refractivity contribution in [3.63, 3.8) is 0 Å². The van der Waals surface area contributed by atoms with Crippen LogP contribution in [0.25, 0.3) is 0 Å². The molecule has 1 amide bonds. The first-order valence-electron chi connectivity index (χ1n) is 7.19. The molecule has 0 spiro atoms. The summed E-state index contributed by atoms with van der Waals surface area (Å²) in [7, 11) is 0. The summed E-state index contributed by atoms with van der Waals surface area (Å²) in [5.74, 6) is -0.403. The number of benzene rings is 2. The normalized spacial score (nSPS) is 10.4. The highest BCUT2D eigenvalue weighted by Gasteiger charge is 2.13. The number of aryl methyl sites for hydroxylation is 1. The first kappa shape index (κ1) is 16.1. The molecule has 0 fully saturated rings. The molecule has 1 N–H and O–H groups in total. The van der Waals surface area contributed by atoms with Crippen LogP contribution in [0.4, 0.5) is 9.52 Å². The van der Waals surface area contributed by atoms with E-state index in [9.17, 15) is 9.18 Å². The van der Waals surface area contributed by atoms with E-state index in [1.807, 2.05) is 31.2 Å². The molecule has 5 nitrogen and oxygen atoms in total. The lowest BCUT2D eigenvalue weighted by molar-refractivity contribution is 0.102. The van der Waals surface area contributed by atoms with E-state index >= 15 is 0 Å². The molecule has 0 radical (unpaired) electrons. The van der Waals surface area contributed by atoms with Crippen molar-refractivity contribution in [3.05, 3.63) is 70.5 Å². The summed E-state index contributed by atoms with van der Waals surface area (Å²) >= 11 is 1.18. The smallest absolute Gasteiger partial charge is 0.260 e. The summed E-state index contributed by atoms with van der Waals surface area (Å²) in [6, 6.07) is 13.4. The zero-order valence-electron chi connectivity index (χ0n) is 12.8. The van der Waals surface area contributed by atoms with Gasteiger partial charge in [0.1, 0.15) is 18.2 Å². The fraction of sp³-hybridized carbons (Fsp3) is 0.118. The number of anilines is 1. The van der Waals surface area contributed by atoms with Gasteiger partial charge in [-0.3, -0.25) is 10.1 Å². The van der Waals surface area contributed by atoms with Crippen molar-refractivity contribution in [2.75, 3.05) is 5.32 Å². The second kappa shape index (κ2) is 7.18. The Hall–Kier alpha value is -2.80. The van der Waals surface area contributed by atoms with Crippen molar-refractivity contribution in [3.8, 4) is 5.75 Å². The Labute approximate surface area is 142 Å². The van der Waals surface area contributed by atoms with Gasteiger partial charge in [0.25, 0.3) is 5.91 Å². The number of hydrogen-bond donors (Lipinski definition) is 1. The molecule has 0 aliphatic carbocycles. The lowest BCUT2D eigenvalue weighted by atomic mass is 10.2. The van der Waals surface area contributed by atoms with Gasteiger partial charge in [-0.1, -0.05) is 35.6 Å². The van der Waals surface area contributed by atoms with E-state index in [0.29, 0.717) is 10.1 Å². The second-order valence-electron chi connectivity index (χ2n) is 5.04. The fourth-order valence-corrected chi connectivity index (χ4v) is 2.67. The summed E-state index contributed by atoms with van der Waals surface area (Å²) in [4.78, 5) is 12.0. The highest BCUT2D eigenvalue weighted by atomic mass is 32.1. The molecule has 122 valence electrons. The largest absolute Gasteiger partial charge is 0.486 e. The molecule has 24 heavy (non-hydrogen) atoms. The molecule has 0 unspecified atom stereocenters. The molecule has 3 rings (SSSR count).